The molecule has 0 saturated carbocycles. The number of nitrogens with one attached hydrogen (secondary N) is 1. The van der Waals surface area contributed by atoms with Crippen LogP contribution in [0.15, 0.2) is 78.9 Å². The SMILES string of the molecule is COc1ccc(-c2nc(C(=O)Nc3ccccc3)nn2-c2ccc(Cl)cc2)cc1. The molecule has 0 bridgehead atoms. The third-order valence-corrected chi connectivity index (χ3v) is 4.51. The second kappa shape index (κ2) is 8.16. The monoisotopic (exact) mass is 404 g/mol. The van der Waals surface area contributed by atoms with Gasteiger partial charge in [-0.3, -0.25) is 4.79 Å². The number of carbonyl (C=O) groups excluding carboxylic acids is 1. The van der Waals surface area contributed by atoms with Crippen molar-refractivity contribution in [2.75, 3.05) is 12.4 Å². The summed E-state index contributed by atoms with van der Waals surface area (Å²) >= 11 is 6.01. The molecule has 0 unspecified atom stereocenters. The van der Waals surface area contributed by atoms with E-state index in [1.165, 1.54) is 0 Å². The van der Waals surface area contributed by atoms with Crippen LogP contribution in [0.4, 0.5) is 5.69 Å². The first-order chi connectivity index (χ1) is 14.1. The molecule has 144 valence electrons. The predicted octanol–water partition coefficient (Wildman–Crippen LogP) is 4.85. The fourth-order valence-electron chi connectivity index (χ4n) is 2.81. The van der Waals surface area contributed by atoms with E-state index >= 15 is 0 Å². The highest BCUT2D eigenvalue weighted by Crippen LogP contribution is 2.24. The van der Waals surface area contributed by atoms with Gasteiger partial charge in [-0.05, 0) is 60.7 Å². The van der Waals surface area contributed by atoms with Gasteiger partial charge in [-0.25, -0.2) is 9.67 Å². The van der Waals surface area contributed by atoms with Crippen LogP contribution in [0.2, 0.25) is 5.02 Å². The van der Waals surface area contributed by atoms with Gasteiger partial charge in [0.05, 0.1) is 12.8 Å². The fraction of sp³-hybridized carbons (Fsp3) is 0.0455. The Hall–Kier alpha value is -3.64. The molecule has 0 fully saturated rings. The molecule has 0 aliphatic heterocycles. The quantitative estimate of drug-likeness (QED) is 0.516. The van der Waals surface area contributed by atoms with Gasteiger partial charge in [-0.15, -0.1) is 5.10 Å². The zero-order valence-corrected chi connectivity index (χ0v) is 16.3. The van der Waals surface area contributed by atoms with E-state index in [-0.39, 0.29) is 5.82 Å². The van der Waals surface area contributed by atoms with Gasteiger partial charge < -0.3 is 10.1 Å². The molecule has 1 heterocycles. The number of rotatable bonds is 5. The molecule has 4 rings (SSSR count). The molecular weight excluding hydrogens is 388 g/mol. The number of ether oxygens (including phenoxy) is 1. The number of hydrogen-bond donors (Lipinski definition) is 1. The highest BCUT2D eigenvalue weighted by atomic mass is 35.5. The number of aromatic nitrogens is 3. The van der Waals surface area contributed by atoms with Crippen LogP contribution in [0, 0.1) is 0 Å². The highest BCUT2D eigenvalue weighted by Gasteiger charge is 2.19. The number of methoxy groups -OCH3 is 1. The van der Waals surface area contributed by atoms with Crippen LogP contribution in [-0.4, -0.2) is 27.8 Å². The molecule has 0 saturated heterocycles. The lowest BCUT2D eigenvalue weighted by Gasteiger charge is -2.07. The summed E-state index contributed by atoms with van der Waals surface area (Å²) < 4.78 is 6.84. The first-order valence-electron chi connectivity index (χ1n) is 8.88. The Labute approximate surface area is 172 Å². The molecule has 3 aromatic carbocycles. The van der Waals surface area contributed by atoms with Crippen molar-refractivity contribution in [3.05, 3.63) is 89.7 Å². The lowest BCUT2D eigenvalue weighted by Crippen LogP contribution is -2.14. The van der Waals surface area contributed by atoms with E-state index in [4.69, 9.17) is 16.3 Å². The average Bonchev–Trinajstić information content (AvgIpc) is 3.21. The molecule has 0 aliphatic carbocycles. The summed E-state index contributed by atoms with van der Waals surface area (Å²) in [5.41, 5.74) is 2.21. The Bertz CT molecular complexity index is 1120. The predicted molar refractivity (Wildman–Crippen MR) is 113 cm³/mol. The number of halogens is 1. The van der Waals surface area contributed by atoms with E-state index in [1.807, 2.05) is 54.6 Å². The number of carbonyl (C=O) groups is 1. The van der Waals surface area contributed by atoms with Gasteiger partial charge >= 0.3 is 0 Å². The molecule has 0 radical (unpaired) electrons. The number of nitrogens with zero attached hydrogens (tertiary/aromatic N) is 3. The lowest BCUT2D eigenvalue weighted by molar-refractivity contribution is 0.101. The topological polar surface area (TPSA) is 69.0 Å². The summed E-state index contributed by atoms with van der Waals surface area (Å²) in [6.07, 6.45) is 0. The van der Waals surface area contributed by atoms with Crippen molar-refractivity contribution in [3.8, 4) is 22.8 Å². The second-order valence-electron chi connectivity index (χ2n) is 6.20. The normalized spacial score (nSPS) is 10.6. The lowest BCUT2D eigenvalue weighted by atomic mass is 10.2. The van der Waals surface area contributed by atoms with Crippen LogP contribution in [0.1, 0.15) is 10.6 Å². The Kier molecular flexibility index (Phi) is 5.27. The molecule has 4 aromatic rings. The van der Waals surface area contributed by atoms with Crippen molar-refractivity contribution in [1.82, 2.24) is 14.8 Å². The number of anilines is 1. The molecule has 29 heavy (non-hydrogen) atoms. The zero-order chi connectivity index (χ0) is 20.2. The molecule has 1 aromatic heterocycles. The Morgan fingerprint density at radius 1 is 0.966 bits per heavy atom. The highest BCUT2D eigenvalue weighted by molar-refractivity contribution is 6.30. The first-order valence-corrected chi connectivity index (χ1v) is 9.25. The third kappa shape index (κ3) is 4.12. The Balaban J connectivity index is 1.75. The minimum atomic E-state index is -0.390. The maximum Gasteiger partial charge on any atom is 0.295 e. The maximum atomic E-state index is 12.7. The van der Waals surface area contributed by atoms with Crippen molar-refractivity contribution in [3.63, 3.8) is 0 Å². The molecule has 0 atom stereocenters. The molecule has 6 nitrogen and oxygen atoms in total. The van der Waals surface area contributed by atoms with Gasteiger partial charge in [-0.1, -0.05) is 29.8 Å². The smallest absolute Gasteiger partial charge is 0.295 e. The van der Waals surface area contributed by atoms with Crippen molar-refractivity contribution in [2.24, 2.45) is 0 Å². The fourth-order valence-corrected chi connectivity index (χ4v) is 2.93. The summed E-state index contributed by atoms with van der Waals surface area (Å²) in [7, 11) is 1.61. The summed E-state index contributed by atoms with van der Waals surface area (Å²) in [5, 5.41) is 7.87. The van der Waals surface area contributed by atoms with Crippen molar-refractivity contribution >= 4 is 23.2 Å². The number of para-hydroxylation sites is 1. The van der Waals surface area contributed by atoms with Gasteiger partial charge in [0, 0.05) is 16.3 Å². The van der Waals surface area contributed by atoms with Crippen LogP contribution < -0.4 is 10.1 Å². The minimum absolute atomic E-state index is 0.0645. The Morgan fingerprint density at radius 3 is 2.31 bits per heavy atom. The van der Waals surface area contributed by atoms with Crippen LogP contribution in [0.25, 0.3) is 17.1 Å². The van der Waals surface area contributed by atoms with Gasteiger partial charge in [0.25, 0.3) is 5.91 Å². The largest absolute Gasteiger partial charge is 0.497 e. The van der Waals surface area contributed by atoms with Crippen LogP contribution >= 0.6 is 11.6 Å². The van der Waals surface area contributed by atoms with E-state index in [0.717, 1.165) is 17.0 Å². The van der Waals surface area contributed by atoms with Gasteiger partial charge in [-0.2, -0.15) is 0 Å². The van der Waals surface area contributed by atoms with Crippen LogP contribution in [0.5, 0.6) is 5.75 Å². The van der Waals surface area contributed by atoms with Crippen molar-refractivity contribution < 1.29 is 9.53 Å². The van der Waals surface area contributed by atoms with Crippen LogP contribution in [-0.2, 0) is 0 Å². The number of amides is 1. The molecule has 1 amide bonds. The number of benzene rings is 3. The van der Waals surface area contributed by atoms with E-state index in [1.54, 1.807) is 36.1 Å². The van der Waals surface area contributed by atoms with Crippen molar-refractivity contribution in [1.29, 1.82) is 0 Å². The van der Waals surface area contributed by atoms with Gasteiger partial charge in [0.2, 0.25) is 5.82 Å². The summed E-state index contributed by atoms with van der Waals surface area (Å²) in [6.45, 7) is 0. The second-order valence-corrected chi connectivity index (χ2v) is 6.63. The minimum Gasteiger partial charge on any atom is -0.497 e. The van der Waals surface area contributed by atoms with E-state index in [9.17, 15) is 4.79 Å². The van der Waals surface area contributed by atoms with E-state index in [0.29, 0.717) is 16.5 Å². The van der Waals surface area contributed by atoms with E-state index in [2.05, 4.69) is 15.4 Å². The standard InChI is InChI=1S/C22H17ClN4O2/c1-29-19-13-7-15(8-14-19)21-25-20(22(28)24-17-5-3-2-4-6-17)26-27(21)18-11-9-16(23)10-12-18/h2-14H,1H3,(H,24,28). The average molecular weight is 405 g/mol. The summed E-state index contributed by atoms with van der Waals surface area (Å²) in [4.78, 5) is 17.2. The third-order valence-electron chi connectivity index (χ3n) is 4.26. The molecule has 1 N–H and O–H groups in total. The summed E-state index contributed by atoms with van der Waals surface area (Å²) in [5.74, 6) is 0.940. The van der Waals surface area contributed by atoms with Crippen LogP contribution in [0.3, 0.4) is 0 Å². The van der Waals surface area contributed by atoms with E-state index < -0.39 is 5.91 Å². The Morgan fingerprint density at radius 2 is 1.66 bits per heavy atom. The molecule has 0 aliphatic rings. The molecule has 0 spiro atoms. The molecular formula is C22H17ClN4O2. The maximum absolute atomic E-state index is 12.7. The zero-order valence-electron chi connectivity index (χ0n) is 15.5. The summed E-state index contributed by atoms with van der Waals surface area (Å²) in [6, 6.07) is 23.8. The van der Waals surface area contributed by atoms with Gasteiger partial charge in [0.15, 0.2) is 5.82 Å². The van der Waals surface area contributed by atoms with Crippen molar-refractivity contribution in [2.45, 2.75) is 0 Å². The molecule has 7 heteroatoms. The van der Waals surface area contributed by atoms with Gasteiger partial charge in [0.1, 0.15) is 5.75 Å². The first kappa shape index (κ1) is 18.7. The number of hydrogen-bond acceptors (Lipinski definition) is 4.